The number of hydrogen-bond acceptors (Lipinski definition) is 8. The second-order valence-electron chi connectivity index (χ2n) is 13.8. The van der Waals surface area contributed by atoms with Gasteiger partial charge in [0.1, 0.15) is 5.82 Å². The van der Waals surface area contributed by atoms with Crippen LogP contribution < -0.4 is 10.5 Å². The summed E-state index contributed by atoms with van der Waals surface area (Å²) in [7, 11) is 1.46. The molecule has 1 saturated carbocycles. The summed E-state index contributed by atoms with van der Waals surface area (Å²) in [5, 5.41) is 33.1. The first-order chi connectivity index (χ1) is 23.3. The van der Waals surface area contributed by atoms with Gasteiger partial charge in [0.05, 0.1) is 13.7 Å². The third kappa shape index (κ3) is 8.18. The SMILES string of the molecule is COc1cc(CCC(=O)[C@H](O)C(=O)CCCCCCC2CCCCC2)cc([C@@H]2c3ccnc(N)c3C=C[C@@]2(CO)Cc2ccc[nH]2)c1O. The van der Waals surface area contributed by atoms with Crippen LogP contribution in [0.4, 0.5) is 5.82 Å². The number of ether oxygens (including phenoxy) is 1. The van der Waals surface area contributed by atoms with Gasteiger partial charge in [-0.05, 0) is 60.6 Å². The van der Waals surface area contributed by atoms with E-state index >= 15 is 0 Å². The Kier molecular flexibility index (Phi) is 12.1. The number of aromatic amines is 1. The number of aromatic nitrogens is 2. The van der Waals surface area contributed by atoms with E-state index in [2.05, 4.69) is 9.97 Å². The zero-order chi connectivity index (χ0) is 34.1. The van der Waals surface area contributed by atoms with Crippen molar-refractivity contribution in [2.45, 2.75) is 102 Å². The minimum Gasteiger partial charge on any atom is -0.504 e. The Morgan fingerprint density at radius 1 is 1.06 bits per heavy atom. The van der Waals surface area contributed by atoms with Gasteiger partial charge in [0.25, 0.3) is 0 Å². The number of anilines is 1. The molecule has 0 radical (unpaired) electrons. The highest BCUT2D eigenvalue weighted by atomic mass is 16.5. The molecule has 48 heavy (non-hydrogen) atoms. The number of hydrogen-bond donors (Lipinski definition) is 5. The largest absolute Gasteiger partial charge is 0.504 e. The number of benzene rings is 1. The number of ketones is 2. The van der Waals surface area contributed by atoms with Crippen LogP contribution in [0.5, 0.6) is 11.5 Å². The van der Waals surface area contributed by atoms with Crippen molar-refractivity contribution in [2.24, 2.45) is 11.3 Å². The van der Waals surface area contributed by atoms with Crippen molar-refractivity contribution < 1.29 is 29.6 Å². The average Bonchev–Trinajstić information content (AvgIpc) is 3.62. The Morgan fingerprint density at radius 2 is 1.83 bits per heavy atom. The van der Waals surface area contributed by atoms with E-state index in [1.54, 1.807) is 12.3 Å². The number of nitrogen functional groups attached to an aromatic ring is 1. The summed E-state index contributed by atoms with van der Waals surface area (Å²) in [6.07, 6.45) is 18.3. The fraction of sp³-hybridized carbons (Fsp3) is 0.513. The first kappa shape index (κ1) is 35.4. The molecule has 2 aliphatic rings. The van der Waals surface area contributed by atoms with E-state index in [4.69, 9.17) is 10.5 Å². The first-order valence-electron chi connectivity index (χ1n) is 17.6. The van der Waals surface area contributed by atoms with Crippen molar-refractivity contribution in [3.8, 4) is 11.5 Å². The first-order valence-corrected chi connectivity index (χ1v) is 17.6. The zero-order valence-electron chi connectivity index (χ0n) is 28.1. The number of aryl methyl sites for hydroxylation is 1. The predicted octanol–water partition coefficient (Wildman–Crippen LogP) is 6.44. The number of phenolic OH excluding ortho intramolecular Hbond substituents is 1. The lowest BCUT2D eigenvalue weighted by Crippen LogP contribution is -2.36. The lowest BCUT2D eigenvalue weighted by Gasteiger charge is -2.41. The van der Waals surface area contributed by atoms with Gasteiger partial charge in [-0.25, -0.2) is 4.98 Å². The van der Waals surface area contributed by atoms with Gasteiger partial charge in [-0.1, -0.05) is 76.0 Å². The van der Waals surface area contributed by atoms with Crippen molar-refractivity contribution in [3.05, 3.63) is 76.7 Å². The van der Waals surface area contributed by atoms with Gasteiger partial charge < -0.3 is 30.8 Å². The fourth-order valence-electron chi connectivity index (χ4n) is 7.75. The number of nitrogens with two attached hydrogens (primary N) is 1. The van der Waals surface area contributed by atoms with Crippen LogP contribution >= 0.6 is 0 Å². The number of aromatic hydroxyl groups is 1. The van der Waals surface area contributed by atoms with Gasteiger partial charge in [0.2, 0.25) is 0 Å². The summed E-state index contributed by atoms with van der Waals surface area (Å²) in [4.78, 5) is 33.2. The number of H-pyrrole nitrogens is 1. The van der Waals surface area contributed by atoms with Gasteiger partial charge in [-0.15, -0.1) is 0 Å². The molecule has 0 amide bonds. The molecule has 0 saturated heterocycles. The Hall–Kier alpha value is -3.95. The molecule has 0 spiro atoms. The minimum atomic E-state index is -1.64. The molecular formula is C39H51N3O6. The van der Waals surface area contributed by atoms with Crippen LogP contribution in [0.15, 0.2) is 48.8 Å². The van der Waals surface area contributed by atoms with E-state index in [9.17, 15) is 24.9 Å². The molecule has 2 aliphatic carbocycles. The van der Waals surface area contributed by atoms with Crippen molar-refractivity contribution in [2.75, 3.05) is 19.5 Å². The fourth-order valence-corrected chi connectivity index (χ4v) is 7.75. The molecular weight excluding hydrogens is 606 g/mol. The number of phenols is 1. The molecule has 3 aromatic rings. The highest BCUT2D eigenvalue weighted by molar-refractivity contribution is 6.05. The lowest BCUT2D eigenvalue weighted by atomic mass is 9.63. The number of carbonyl (C=O) groups is 2. The van der Waals surface area contributed by atoms with Crippen molar-refractivity contribution in [3.63, 3.8) is 0 Å². The van der Waals surface area contributed by atoms with Gasteiger partial charge in [0.15, 0.2) is 29.2 Å². The maximum atomic E-state index is 13.0. The van der Waals surface area contributed by atoms with E-state index < -0.39 is 29.0 Å². The number of Topliss-reactive ketones (excluding diaryl/α,β-unsaturated/α-hetero) is 2. The van der Waals surface area contributed by atoms with Gasteiger partial charge in [-0.3, -0.25) is 9.59 Å². The molecule has 2 aromatic heterocycles. The number of nitrogens with one attached hydrogen (secondary N) is 1. The van der Waals surface area contributed by atoms with Crippen molar-refractivity contribution >= 4 is 23.5 Å². The molecule has 0 aliphatic heterocycles. The molecule has 2 heterocycles. The number of aliphatic hydroxyl groups excluding tert-OH is 2. The maximum Gasteiger partial charge on any atom is 0.170 e. The summed E-state index contributed by atoms with van der Waals surface area (Å²) < 4.78 is 5.57. The Labute approximate surface area is 283 Å². The monoisotopic (exact) mass is 657 g/mol. The van der Waals surface area contributed by atoms with E-state index in [1.165, 1.54) is 52.1 Å². The Balaban J connectivity index is 1.27. The molecule has 258 valence electrons. The number of pyridine rings is 1. The standard InChI is InChI=1S/C39H51N3O6/c1-48-34-23-27(15-16-33(45)37(47)32(44)14-8-3-2-5-10-26-11-6-4-7-12-26)22-31(36(34)46)35-29-18-21-42-38(40)30(29)17-19-39(35,25-43)24-28-13-9-20-41-28/h9,13,17-23,26,35,37,41,43,46-47H,2-8,10-12,14-16,24-25H2,1H3,(H2,40,42)/t35-,37+,39-/m0/s1. The van der Waals surface area contributed by atoms with Crippen molar-refractivity contribution in [1.82, 2.24) is 9.97 Å². The number of aliphatic hydroxyl groups is 2. The van der Waals surface area contributed by atoms with Crippen LogP contribution in [-0.2, 0) is 22.4 Å². The minimum absolute atomic E-state index is 0.0483. The Morgan fingerprint density at radius 3 is 2.56 bits per heavy atom. The summed E-state index contributed by atoms with van der Waals surface area (Å²) in [6.45, 7) is -0.228. The summed E-state index contributed by atoms with van der Waals surface area (Å²) in [5.41, 5.74) is 9.04. The van der Waals surface area contributed by atoms with E-state index in [-0.39, 0.29) is 37.4 Å². The van der Waals surface area contributed by atoms with Crippen molar-refractivity contribution in [1.29, 1.82) is 0 Å². The number of carbonyl (C=O) groups excluding carboxylic acids is 2. The molecule has 6 N–H and O–H groups in total. The van der Waals surface area contributed by atoms with Crippen LogP contribution in [0, 0.1) is 11.3 Å². The quantitative estimate of drug-likeness (QED) is 0.0820. The highest BCUT2D eigenvalue weighted by Crippen LogP contribution is 2.53. The second kappa shape index (κ2) is 16.4. The van der Waals surface area contributed by atoms with Gasteiger partial charge >= 0.3 is 0 Å². The van der Waals surface area contributed by atoms with E-state index in [1.807, 2.05) is 42.6 Å². The van der Waals surface area contributed by atoms with Crippen LogP contribution in [0.3, 0.4) is 0 Å². The number of unbranched alkanes of at least 4 members (excludes halogenated alkanes) is 3. The average molecular weight is 658 g/mol. The molecule has 9 nitrogen and oxygen atoms in total. The van der Waals surface area contributed by atoms with Crippen LogP contribution in [0.1, 0.15) is 111 Å². The number of methoxy groups -OCH3 is 1. The molecule has 0 unspecified atom stereocenters. The number of nitrogens with zero attached hydrogens (tertiary/aromatic N) is 1. The lowest BCUT2D eigenvalue weighted by molar-refractivity contribution is -0.138. The summed E-state index contributed by atoms with van der Waals surface area (Å²) in [5.74, 6) is -0.149. The molecule has 9 heteroatoms. The third-order valence-electron chi connectivity index (χ3n) is 10.5. The Bertz CT molecular complexity index is 1560. The molecule has 0 bridgehead atoms. The molecule has 1 aromatic carbocycles. The normalized spacial score (nSPS) is 19.9. The van der Waals surface area contributed by atoms with E-state index in [0.29, 0.717) is 35.3 Å². The highest BCUT2D eigenvalue weighted by Gasteiger charge is 2.44. The van der Waals surface area contributed by atoms with E-state index in [0.717, 1.165) is 30.0 Å². The maximum absolute atomic E-state index is 13.0. The van der Waals surface area contributed by atoms with Crippen LogP contribution in [0.2, 0.25) is 0 Å². The topological polar surface area (TPSA) is 159 Å². The third-order valence-corrected chi connectivity index (χ3v) is 10.5. The smallest absolute Gasteiger partial charge is 0.170 e. The zero-order valence-corrected chi connectivity index (χ0v) is 28.1. The predicted molar refractivity (Wildman–Crippen MR) is 187 cm³/mol. The molecule has 1 fully saturated rings. The molecule has 3 atom stereocenters. The summed E-state index contributed by atoms with van der Waals surface area (Å²) >= 11 is 0. The van der Waals surface area contributed by atoms with Gasteiger partial charge in [0, 0.05) is 53.4 Å². The van der Waals surface area contributed by atoms with Crippen LogP contribution in [-0.4, -0.2) is 56.7 Å². The van der Waals surface area contributed by atoms with Crippen LogP contribution in [0.25, 0.3) is 6.08 Å². The number of rotatable bonds is 17. The molecule has 5 rings (SSSR count). The van der Waals surface area contributed by atoms with Gasteiger partial charge in [-0.2, -0.15) is 0 Å². The second-order valence-corrected chi connectivity index (χ2v) is 13.8. The summed E-state index contributed by atoms with van der Waals surface area (Å²) in [6, 6.07) is 9.18. The number of fused-ring (bicyclic) bond motifs is 1.